The predicted molar refractivity (Wildman–Crippen MR) is 80.2 cm³/mol. The van der Waals surface area contributed by atoms with Crippen LogP contribution < -0.4 is 0 Å². The summed E-state index contributed by atoms with van der Waals surface area (Å²) in [5.74, 6) is 0. The average molecular weight is 366 g/mol. The largest absolute Gasteiger partial charge is 0.444 e. The number of fused-ring (bicyclic) bond motifs is 2. The van der Waals surface area contributed by atoms with Crippen LogP contribution in [-0.4, -0.2) is 57.6 Å². The van der Waals surface area contributed by atoms with Gasteiger partial charge in [0.2, 0.25) is 0 Å². The molecule has 2 bridgehead atoms. The molecule has 0 saturated carbocycles. The highest BCUT2D eigenvalue weighted by atomic mass is 127. The van der Waals surface area contributed by atoms with Gasteiger partial charge in [0, 0.05) is 29.6 Å². The number of carbonyl (C=O) groups excluding carboxylic acids is 1. The van der Waals surface area contributed by atoms with E-state index in [0.717, 1.165) is 19.5 Å². The van der Waals surface area contributed by atoms with Crippen molar-refractivity contribution >= 4 is 28.7 Å². The van der Waals surface area contributed by atoms with Gasteiger partial charge in [-0.25, -0.2) is 4.79 Å². The summed E-state index contributed by atoms with van der Waals surface area (Å²) in [6, 6.07) is 0.935. The van der Waals surface area contributed by atoms with Gasteiger partial charge in [-0.05, 0) is 40.2 Å². The van der Waals surface area contributed by atoms with E-state index in [1.54, 1.807) is 0 Å². The molecule has 0 N–H and O–H groups in total. The Hall–Kier alpha value is -0.0400. The first-order chi connectivity index (χ1) is 8.40. The SMILES string of the molecule is CC(C)(C)OC(=O)N1CC2CC1CN2CCCI. The Morgan fingerprint density at radius 2 is 2.06 bits per heavy atom. The molecular formula is C13H23IN2O2. The van der Waals surface area contributed by atoms with Gasteiger partial charge in [-0.2, -0.15) is 0 Å². The molecule has 2 fully saturated rings. The number of likely N-dealkylation sites (tertiary alicyclic amines) is 2. The zero-order valence-electron chi connectivity index (χ0n) is 11.5. The number of halogens is 1. The fourth-order valence-corrected chi connectivity index (χ4v) is 3.17. The minimum atomic E-state index is -0.389. The molecule has 5 heteroatoms. The molecule has 18 heavy (non-hydrogen) atoms. The minimum Gasteiger partial charge on any atom is -0.444 e. The van der Waals surface area contributed by atoms with Crippen molar-refractivity contribution in [2.45, 2.75) is 51.3 Å². The predicted octanol–water partition coefficient (Wildman–Crippen LogP) is 2.51. The van der Waals surface area contributed by atoms with Crippen LogP contribution in [0.25, 0.3) is 0 Å². The zero-order chi connectivity index (χ0) is 13.3. The quantitative estimate of drug-likeness (QED) is 0.569. The molecule has 0 radical (unpaired) electrons. The van der Waals surface area contributed by atoms with E-state index in [9.17, 15) is 4.79 Å². The fourth-order valence-electron chi connectivity index (χ4n) is 2.83. The Morgan fingerprint density at radius 1 is 1.33 bits per heavy atom. The van der Waals surface area contributed by atoms with E-state index in [-0.39, 0.29) is 11.7 Å². The first-order valence-corrected chi connectivity index (χ1v) is 8.23. The summed E-state index contributed by atoms with van der Waals surface area (Å²) >= 11 is 2.42. The molecule has 0 aromatic carbocycles. The lowest BCUT2D eigenvalue weighted by molar-refractivity contribution is 0.0130. The summed E-state index contributed by atoms with van der Waals surface area (Å²) in [4.78, 5) is 16.5. The molecule has 2 aliphatic rings. The molecule has 1 amide bonds. The van der Waals surface area contributed by atoms with Gasteiger partial charge in [-0.1, -0.05) is 22.6 Å². The number of piperazine rings is 1. The van der Waals surface area contributed by atoms with Crippen LogP contribution in [0.1, 0.15) is 33.6 Å². The number of alkyl halides is 1. The molecule has 2 saturated heterocycles. The second kappa shape index (κ2) is 5.53. The number of carbonyl (C=O) groups is 1. The first kappa shape index (κ1) is 14.4. The van der Waals surface area contributed by atoms with E-state index in [1.807, 2.05) is 25.7 Å². The molecule has 2 heterocycles. The Morgan fingerprint density at radius 3 is 2.56 bits per heavy atom. The second-order valence-corrected chi connectivity index (χ2v) is 7.29. The van der Waals surface area contributed by atoms with Crippen molar-refractivity contribution < 1.29 is 9.53 Å². The summed E-state index contributed by atoms with van der Waals surface area (Å²) in [6.07, 6.45) is 2.24. The van der Waals surface area contributed by atoms with Crippen LogP contribution in [0.2, 0.25) is 0 Å². The highest BCUT2D eigenvalue weighted by Crippen LogP contribution is 2.31. The summed E-state index contributed by atoms with van der Waals surface area (Å²) in [5, 5.41) is 0. The molecule has 0 aromatic heterocycles. The van der Waals surface area contributed by atoms with Gasteiger partial charge in [-0.3, -0.25) is 4.90 Å². The monoisotopic (exact) mass is 366 g/mol. The van der Waals surface area contributed by atoms with Crippen molar-refractivity contribution in [2.24, 2.45) is 0 Å². The summed E-state index contributed by atoms with van der Waals surface area (Å²) in [7, 11) is 0. The zero-order valence-corrected chi connectivity index (χ0v) is 13.6. The Labute approximate surface area is 123 Å². The lowest BCUT2D eigenvalue weighted by Gasteiger charge is -2.35. The van der Waals surface area contributed by atoms with Gasteiger partial charge < -0.3 is 9.64 Å². The van der Waals surface area contributed by atoms with Crippen molar-refractivity contribution in [3.05, 3.63) is 0 Å². The van der Waals surface area contributed by atoms with Crippen molar-refractivity contribution in [1.82, 2.24) is 9.80 Å². The minimum absolute atomic E-state index is 0.136. The van der Waals surface area contributed by atoms with Crippen LogP contribution in [0.5, 0.6) is 0 Å². The van der Waals surface area contributed by atoms with Gasteiger partial charge in [0.05, 0.1) is 0 Å². The summed E-state index contributed by atoms with van der Waals surface area (Å²) in [5.41, 5.74) is -0.389. The van der Waals surface area contributed by atoms with E-state index in [2.05, 4.69) is 27.5 Å². The third-order valence-electron chi connectivity index (χ3n) is 3.56. The van der Waals surface area contributed by atoms with E-state index in [4.69, 9.17) is 4.74 Å². The highest BCUT2D eigenvalue weighted by Gasteiger charge is 2.45. The Balaban J connectivity index is 1.85. The van der Waals surface area contributed by atoms with E-state index in [0.29, 0.717) is 12.1 Å². The lowest BCUT2D eigenvalue weighted by atomic mass is 10.2. The topological polar surface area (TPSA) is 32.8 Å². The van der Waals surface area contributed by atoms with Crippen LogP contribution in [0.15, 0.2) is 0 Å². The normalized spacial score (nSPS) is 27.9. The molecule has 2 aliphatic heterocycles. The van der Waals surface area contributed by atoms with Crippen molar-refractivity contribution in [2.75, 3.05) is 24.1 Å². The number of amides is 1. The van der Waals surface area contributed by atoms with Gasteiger partial charge in [-0.15, -0.1) is 0 Å². The number of nitrogens with zero attached hydrogens (tertiary/aromatic N) is 2. The second-order valence-electron chi connectivity index (χ2n) is 6.21. The molecule has 2 rings (SSSR count). The lowest BCUT2D eigenvalue weighted by Crippen LogP contribution is -2.50. The van der Waals surface area contributed by atoms with Gasteiger partial charge in [0.15, 0.2) is 0 Å². The maximum absolute atomic E-state index is 12.1. The Kier molecular flexibility index (Phi) is 4.41. The third kappa shape index (κ3) is 3.29. The van der Waals surface area contributed by atoms with Crippen LogP contribution in [0.4, 0.5) is 4.79 Å². The maximum atomic E-state index is 12.1. The average Bonchev–Trinajstić information content (AvgIpc) is 2.82. The van der Waals surface area contributed by atoms with Gasteiger partial charge >= 0.3 is 6.09 Å². The summed E-state index contributed by atoms with van der Waals surface area (Å²) < 4.78 is 6.67. The number of rotatable bonds is 3. The van der Waals surface area contributed by atoms with Crippen LogP contribution in [-0.2, 0) is 4.74 Å². The van der Waals surface area contributed by atoms with Crippen molar-refractivity contribution in [3.8, 4) is 0 Å². The standard InChI is InChI=1S/C13H23IN2O2/c1-13(2,3)18-12(17)16-9-10-7-11(16)8-15(10)6-4-5-14/h10-11H,4-9H2,1-3H3. The van der Waals surface area contributed by atoms with E-state index >= 15 is 0 Å². The molecule has 104 valence electrons. The number of ether oxygens (including phenoxy) is 1. The first-order valence-electron chi connectivity index (χ1n) is 6.70. The molecule has 0 aromatic rings. The van der Waals surface area contributed by atoms with Crippen LogP contribution in [0.3, 0.4) is 0 Å². The van der Waals surface area contributed by atoms with Crippen LogP contribution in [0, 0.1) is 0 Å². The summed E-state index contributed by atoms with van der Waals surface area (Å²) in [6.45, 7) is 8.82. The molecule has 0 aliphatic carbocycles. The molecule has 4 nitrogen and oxygen atoms in total. The third-order valence-corrected chi connectivity index (χ3v) is 4.32. The number of hydrogen-bond donors (Lipinski definition) is 0. The molecule has 2 atom stereocenters. The Bertz CT molecular complexity index is 317. The van der Waals surface area contributed by atoms with Crippen molar-refractivity contribution in [1.29, 1.82) is 0 Å². The molecular weight excluding hydrogens is 343 g/mol. The van der Waals surface area contributed by atoms with Gasteiger partial charge in [0.1, 0.15) is 5.60 Å². The molecule has 0 spiro atoms. The van der Waals surface area contributed by atoms with Crippen molar-refractivity contribution in [3.63, 3.8) is 0 Å². The highest BCUT2D eigenvalue weighted by molar-refractivity contribution is 14.1. The van der Waals surface area contributed by atoms with Crippen LogP contribution >= 0.6 is 22.6 Å². The van der Waals surface area contributed by atoms with E-state index < -0.39 is 0 Å². The smallest absolute Gasteiger partial charge is 0.410 e. The number of hydrogen-bond acceptors (Lipinski definition) is 3. The molecule has 2 unspecified atom stereocenters. The van der Waals surface area contributed by atoms with Gasteiger partial charge in [0.25, 0.3) is 0 Å². The van der Waals surface area contributed by atoms with E-state index in [1.165, 1.54) is 17.4 Å². The fraction of sp³-hybridized carbons (Fsp3) is 0.923. The maximum Gasteiger partial charge on any atom is 0.410 e.